The lowest BCUT2D eigenvalue weighted by molar-refractivity contribution is 0.509. The first-order valence-corrected chi connectivity index (χ1v) is 6.59. The third-order valence-corrected chi connectivity index (χ3v) is 3.41. The van der Waals surface area contributed by atoms with E-state index in [0.717, 1.165) is 25.3 Å². The molecule has 1 unspecified atom stereocenters. The number of halogens is 2. The van der Waals surface area contributed by atoms with E-state index in [1.54, 1.807) is 0 Å². The van der Waals surface area contributed by atoms with Crippen LogP contribution in [-0.4, -0.2) is 11.9 Å². The van der Waals surface area contributed by atoms with Crippen LogP contribution in [0.5, 0.6) is 0 Å². The molecule has 0 saturated carbocycles. The predicted molar refractivity (Wildman–Crippen MR) is 70.4 cm³/mol. The van der Waals surface area contributed by atoms with Gasteiger partial charge in [-0.05, 0) is 31.4 Å². The fourth-order valence-corrected chi connectivity index (χ4v) is 1.99. The largest absolute Gasteiger partial charge is 0.310 e. The lowest BCUT2D eigenvalue weighted by Gasteiger charge is -2.13. The van der Waals surface area contributed by atoms with Crippen LogP contribution in [0.25, 0.3) is 0 Å². The predicted octanol–water partition coefficient (Wildman–Crippen LogP) is 3.95. The maximum Gasteiger partial charge on any atom is 0.0224 e. The van der Waals surface area contributed by atoms with Crippen molar-refractivity contribution < 1.29 is 0 Å². The highest BCUT2D eigenvalue weighted by Gasteiger charge is 2.02. The first-order chi connectivity index (χ1) is 7.24. The summed E-state index contributed by atoms with van der Waals surface area (Å²) in [4.78, 5) is 0. The second kappa shape index (κ2) is 7.26. The molecule has 0 aliphatic rings. The lowest BCUT2D eigenvalue weighted by atomic mass is 10.1. The van der Waals surface area contributed by atoms with Crippen LogP contribution in [0.1, 0.15) is 25.3 Å². The molecule has 0 aliphatic heterocycles. The summed E-state index contributed by atoms with van der Waals surface area (Å²) >= 11 is 9.19. The summed E-state index contributed by atoms with van der Waals surface area (Å²) in [6.45, 7) is 3.11. The van der Waals surface area contributed by atoms with Gasteiger partial charge < -0.3 is 5.32 Å². The number of hydrogen-bond donors (Lipinski definition) is 1. The van der Waals surface area contributed by atoms with E-state index in [9.17, 15) is 0 Å². The van der Waals surface area contributed by atoms with Crippen molar-refractivity contribution in [3.8, 4) is 0 Å². The zero-order chi connectivity index (χ0) is 11.1. The number of alkyl halides is 1. The summed E-state index contributed by atoms with van der Waals surface area (Å²) in [6.07, 6.45) is 2.21. The maximum atomic E-state index is 5.65. The first kappa shape index (κ1) is 13.0. The van der Waals surface area contributed by atoms with E-state index in [0.29, 0.717) is 6.04 Å². The summed E-state index contributed by atoms with van der Waals surface area (Å²) in [5, 5.41) is 3.49. The van der Waals surface area contributed by atoms with Gasteiger partial charge in [-0.3, -0.25) is 0 Å². The molecule has 0 aliphatic carbocycles. The zero-order valence-corrected chi connectivity index (χ0v) is 11.3. The summed E-state index contributed by atoms with van der Waals surface area (Å²) in [7, 11) is 0. The van der Waals surface area contributed by atoms with Crippen LogP contribution in [0.2, 0.25) is 0 Å². The van der Waals surface area contributed by atoms with Gasteiger partial charge in [-0.1, -0.05) is 34.1 Å². The van der Waals surface area contributed by atoms with Gasteiger partial charge in [-0.25, -0.2) is 0 Å². The van der Waals surface area contributed by atoms with E-state index in [2.05, 4.69) is 46.4 Å². The molecular formula is C12H17BrClN. The Morgan fingerprint density at radius 2 is 2.13 bits per heavy atom. The van der Waals surface area contributed by atoms with Crippen LogP contribution in [0.4, 0.5) is 0 Å². The molecule has 1 aromatic rings. The van der Waals surface area contributed by atoms with E-state index < -0.39 is 0 Å². The van der Waals surface area contributed by atoms with Crippen molar-refractivity contribution in [2.45, 2.75) is 32.4 Å². The van der Waals surface area contributed by atoms with Crippen LogP contribution in [0.3, 0.4) is 0 Å². The average molecular weight is 291 g/mol. The summed E-state index contributed by atoms with van der Waals surface area (Å²) < 4.78 is 1.17. The van der Waals surface area contributed by atoms with Crippen LogP contribution in [-0.2, 0) is 6.54 Å². The van der Waals surface area contributed by atoms with Crippen LogP contribution in [0.15, 0.2) is 28.7 Å². The normalized spacial score (nSPS) is 12.7. The molecule has 84 valence electrons. The minimum absolute atomic E-state index is 0.524. The Bertz CT molecular complexity index is 291. The van der Waals surface area contributed by atoms with Gasteiger partial charge in [0.2, 0.25) is 0 Å². The van der Waals surface area contributed by atoms with Crippen molar-refractivity contribution in [3.05, 3.63) is 34.3 Å². The van der Waals surface area contributed by atoms with E-state index in [1.807, 2.05) is 6.07 Å². The molecule has 1 N–H and O–H groups in total. The van der Waals surface area contributed by atoms with Gasteiger partial charge in [0.05, 0.1) is 0 Å². The molecule has 0 aromatic heterocycles. The minimum Gasteiger partial charge on any atom is -0.310 e. The molecule has 0 fully saturated rings. The Balaban J connectivity index is 2.33. The van der Waals surface area contributed by atoms with Crippen molar-refractivity contribution in [3.63, 3.8) is 0 Å². The molecular weight excluding hydrogens is 273 g/mol. The average Bonchev–Trinajstić information content (AvgIpc) is 2.25. The van der Waals surface area contributed by atoms with Gasteiger partial charge in [0.1, 0.15) is 0 Å². The van der Waals surface area contributed by atoms with Crippen molar-refractivity contribution in [1.82, 2.24) is 5.32 Å². The standard InChI is InChI=1S/C12H17BrClN/c1-10(5-4-8-14)15-9-11-6-2-3-7-12(11)13/h2-3,6-7,10,15H,4-5,8-9H2,1H3. The number of nitrogens with one attached hydrogen (secondary N) is 1. The third kappa shape index (κ3) is 5.01. The highest BCUT2D eigenvalue weighted by atomic mass is 79.9. The van der Waals surface area contributed by atoms with Crippen molar-refractivity contribution in [2.24, 2.45) is 0 Å². The maximum absolute atomic E-state index is 5.65. The molecule has 1 rings (SSSR count). The van der Waals surface area contributed by atoms with Gasteiger partial charge in [0.25, 0.3) is 0 Å². The number of benzene rings is 1. The van der Waals surface area contributed by atoms with Gasteiger partial charge >= 0.3 is 0 Å². The molecule has 0 heterocycles. The molecule has 1 nitrogen and oxygen atoms in total. The molecule has 0 bridgehead atoms. The summed E-state index contributed by atoms with van der Waals surface area (Å²) in [6, 6.07) is 8.82. The zero-order valence-electron chi connectivity index (χ0n) is 8.97. The van der Waals surface area contributed by atoms with Gasteiger partial charge in [0.15, 0.2) is 0 Å². The molecule has 0 spiro atoms. The van der Waals surface area contributed by atoms with Crippen molar-refractivity contribution >= 4 is 27.5 Å². The van der Waals surface area contributed by atoms with Crippen molar-refractivity contribution in [2.75, 3.05) is 5.88 Å². The topological polar surface area (TPSA) is 12.0 Å². The van der Waals surface area contributed by atoms with Crippen LogP contribution >= 0.6 is 27.5 Å². The summed E-state index contributed by atoms with van der Waals surface area (Å²) in [5.41, 5.74) is 1.30. The number of hydrogen-bond acceptors (Lipinski definition) is 1. The smallest absolute Gasteiger partial charge is 0.0224 e. The highest BCUT2D eigenvalue weighted by molar-refractivity contribution is 9.10. The van der Waals surface area contributed by atoms with Crippen molar-refractivity contribution in [1.29, 1.82) is 0 Å². The Labute approximate surface area is 105 Å². The SMILES string of the molecule is CC(CCCCl)NCc1ccccc1Br. The second-order valence-electron chi connectivity index (χ2n) is 3.70. The Morgan fingerprint density at radius 1 is 1.40 bits per heavy atom. The molecule has 1 atom stereocenters. The lowest BCUT2D eigenvalue weighted by Crippen LogP contribution is -2.25. The van der Waals surface area contributed by atoms with E-state index in [4.69, 9.17) is 11.6 Å². The minimum atomic E-state index is 0.524. The Hall–Kier alpha value is -0.0500. The van der Waals surface area contributed by atoms with Crippen LogP contribution in [0, 0.1) is 0 Å². The van der Waals surface area contributed by atoms with Gasteiger partial charge in [-0.15, -0.1) is 11.6 Å². The van der Waals surface area contributed by atoms with Gasteiger partial charge in [-0.2, -0.15) is 0 Å². The number of rotatable bonds is 6. The van der Waals surface area contributed by atoms with Gasteiger partial charge in [0, 0.05) is 22.9 Å². The molecule has 0 saturated heterocycles. The molecule has 1 aromatic carbocycles. The Morgan fingerprint density at radius 3 is 2.80 bits per heavy atom. The fraction of sp³-hybridized carbons (Fsp3) is 0.500. The fourth-order valence-electron chi connectivity index (χ4n) is 1.41. The first-order valence-electron chi connectivity index (χ1n) is 5.26. The van der Waals surface area contributed by atoms with E-state index >= 15 is 0 Å². The quantitative estimate of drug-likeness (QED) is 0.782. The second-order valence-corrected chi connectivity index (χ2v) is 4.94. The molecule has 0 amide bonds. The monoisotopic (exact) mass is 289 g/mol. The van der Waals surface area contributed by atoms with E-state index in [1.165, 1.54) is 10.0 Å². The Kier molecular flexibility index (Phi) is 6.30. The molecule has 3 heteroatoms. The molecule has 0 radical (unpaired) electrons. The summed E-state index contributed by atoms with van der Waals surface area (Å²) in [5.74, 6) is 0.751. The highest BCUT2D eigenvalue weighted by Crippen LogP contribution is 2.15. The molecule has 15 heavy (non-hydrogen) atoms. The van der Waals surface area contributed by atoms with Crippen LogP contribution < -0.4 is 5.32 Å². The third-order valence-electron chi connectivity index (χ3n) is 2.37. The van der Waals surface area contributed by atoms with E-state index in [-0.39, 0.29) is 0 Å².